The smallest absolute Gasteiger partial charge is 0.195 e. The van der Waals surface area contributed by atoms with Crippen molar-refractivity contribution in [1.82, 2.24) is 15.3 Å². The zero-order chi connectivity index (χ0) is 12.5. The highest BCUT2D eigenvalue weighted by molar-refractivity contribution is 5.59. The van der Waals surface area contributed by atoms with Crippen LogP contribution in [-0.2, 0) is 0 Å². The number of furan rings is 1. The molecule has 18 heavy (non-hydrogen) atoms. The lowest BCUT2D eigenvalue weighted by atomic mass is 10.1. The summed E-state index contributed by atoms with van der Waals surface area (Å²) in [6, 6.07) is 3.78. The second kappa shape index (κ2) is 4.38. The molecule has 1 N–H and O–H groups in total. The lowest BCUT2D eigenvalue weighted by Crippen LogP contribution is -2.57. The molecule has 94 valence electrons. The Labute approximate surface area is 104 Å². The minimum atomic E-state index is -0.429. The zero-order valence-electron chi connectivity index (χ0n) is 9.93. The van der Waals surface area contributed by atoms with Crippen molar-refractivity contribution in [2.45, 2.75) is 6.04 Å². The van der Waals surface area contributed by atoms with E-state index < -0.39 is 5.82 Å². The molecule has 3 heterocycles. The molecule has 0 spiro atoms. The van der Waals surface area contributed by atoms with Gasteiger partial charge in [0.25, 0.3) is 0 Å². The van der Waals surface area contributed by atoms with E-state index in [1.54, 1.807) is 12.1 Å². The van der Waals surface area contributed by atoms with Crippen LogP contribution in [0.25, 0.3) is 11.5 Å². The summed E-state index contributed by atoms with van der Waals surface area (Å²) in [5.74, 6) is 0.326. The third-order valence-corrected chi connectivity index (χ3v) is 3.11. The highest BCUT2D eigenvalue weighted by Crippen LogP contribution is 2.28. The van der Waals surface area contributed by atoms with Crippen LogP contribution in [0.3, 0.4) is 0 Å². The van der Waals surface area contributed by atoms with Gasteiger partial charge in [-0.3, -0.25) is 0 Å². The van der Waals surface area contributed by atoms with E-state index in [1.807, 2.05) is 11.9 Å². The van der Waals surface area contributed by atoms with E-state index in [0.717, 1.165) is 13.1 Å². The Kier molecular flexibility index (Phi) is 2.71. The molecule has 3 rings (SSSR count). The van der Waals surface area contributed by atoms with Gasteiger partial charge in [-0.25, -0.2) is 14.4 Å². The Bertz CT molecular complexity index is 537. The summed E-state index contributed by atoms with van der Waals surface area (Å²) in [7, 11) is 1.90. The maximum absolute atomic E-state index is 14.3. The van der Waals surface area contributed by atoms with Crippen molar-refractivity contribution in [3.05, 3.63) is 30.5 Å². The molecular formula is C12H13FN4O. The van der Waals surface area contributed by atoms with Crippen LogP contribution in [0.2, 0.25) is 0 Å². The predicted octanol–water partition coefficient (Wildman–Crippen LogP) is 1.28. The van der Waals surface area contributed by atoms with Gasteiger partial charge in [-0.05, 0) is 19.2 Å². The number of nitrogens with zero attached hydrogens (tertiary/aromatic N) is 3. The fourth-order valence-corrected chi connectivity index (χ4v) is 2.00. The van der Waals surface area contributed by atoms with E-state index in [-0.39, 0.29) is 5.69 Å². The maximum Gasteiger partial charge on any atom is 0.195 e. The first-order valence-corrected chi connectivity index (χ1v) is 5.76. The molecule has 2 aromatic heterocycles. The summed E-state index contributed by atoms with van der Waals surface area (Å²) in [4.78, 5) is 9.83. The van der Waals surface area contributed by atoms with Gasteiger partial charge in [0.05, 0.1) is 6.26 Å². The molecule has 0 saturated carbocycles. The fraction of sp³-hybridized carbons (Fsp3) is 0.333. The van der Waals surface area contributed by atoms with E-state index >= 15 is 0 Å². The predicted molar refractivity (Wildman–Crippen MR) is 64.8 cm³/mol. The normalized spacial score (nSPS) is 15.8. The van der Waals surface area contributed by atoms with Crippen LogP contribution >= 0.6 is 0 Å². The average Bonchev–Trinajstić information content (AvgIpc) is 2.83. The van der Waals surface area contributed by atoms with Crippen molar-refractivity contribution in [2.24, 2.45) is 0 Å². The highest BCUT2D eigenvalue weighted by atomic mass is 19.1. The molecule has 1 fully saturated rings. The first-order chi connectivity index (χ1) is 8.79. The Balaban J connectivity index is 1.91. The van der Waals surface area contributed by atoms with Crippen LogP contribution in [0.4, 0.5) is 10.2 Å². The third kappa shape index (κ3) is 1.74. The molecule has 5 nitrogen and oxygen atoms in total. The van der Waals surface area contributed by atoms with Gasteiger partial charge in [0.1, 0.15) is 12.0 Å². The van der Waals surface area contributed by atoms with E-state index in [0.29, 0.717) is 17.6 Å². The Morgan fingerprint density at radius 2 is 2.28 bits per heavy atom. The first-order valence-electron chi connectivity index (χ1n) is 5.76. The van der Waals surface area contributed by atoms with Crippen LogP contribution in [0, 0.1) is 5.82 Å². The molecular weight excluding hydrogens is 235 g/mol. The second-order valence-electron chi connectivity index (χ2n) is 4.23. The van der Waals surface area contributed by atoms with Crippen LogP contribution in [-0.4, -0.2) is 36.1 Å². The number of hydrogen-bond acceptors (Lipinski definition) is 5. The average molecular weight is 248 g/mol. The Hall–Kier alpha value is -1.95. The quantitative estimate of drug-likeness (QED) is 0.886. The number of halogens is 1. The second-order valence-corrected chi connectivity index (χ2v) is 4.23. The summed E-state index contributed by atoms with van der Waals surface area (Å²) in [5, 5.41) is 3.14. The summed E-state index contributed by atoms with van der Waals surface area (Å²) >= 11 is 0. The number of hydrogen-bond donors (Lipinski definition) is 1. The van der Waals surface area contributed by atoms with Crippen LogP contribution in [0.5, 0.6) is 0 Å². The van der Waals surface area contributed by atoms with E-state index in [2.05, 4.69) is 15.3 Å². The van der Waals surface area contributed by atoms with Crippen molar-refractivity contribution < 1.29 is 8.81 Å². The van der Waals surface area contributed by atoms with Crippen molar-refractivity contribution in [2.75, 3.05) is 25.0 Å². The molecule has 2 aromatic rings. The maximum atomic E-state index is 14.3. The van der Waals surface area contributed by atoms with Crippen molar-refractivity contribution in [3.8, 4) is 11.5 Å². The summed E-state index contributed by atoms with van der Waals surface area (Å²) in [6.45, 7) is 1.50. The van der Waals surface area contributed by atoms with Gasteiger partial charge in [0.2, 0.25) is 0 Å². The molecule has 0 atom stereocenters. The summed E-state index contributed by atoms with van der Waals surface area (Å²) in [6.07, 6.45) is 2.86. The molecule has 0 bridgehead atoms. The van der Waals surface area contributed by atoms with E-state index in [9.17, 15) is 4.39 Å². The minimum Gasteiger partial charge on any atom is -0.463 e. The molecule has 0 amide bonds. The molecule has 0 aromatic carbocycles. The number of aromatic nitrogens is 2. The topological polar surface area (TPSA) is 54.2 Å². The minimum absolute atomic E-state index is 0.206. The van der Waals surface area contributed by atoms with Crippen molar-refractivity contribution in [1.29, 1.82) is 0 Å². The van der Waals surface area contributed by atoms with Crippen molar-refractivity contribution >= 4 is 5.82 Å². The van der Waals surface area contributed by atoms with Gasteiger partial charge in [-0.15, -0.1) is 0 Å². The highest BCUT2D eigenvalue weighted by Gasteiger charge is 2.29. The number of likely N-dealkylation sites (N-methyl/N-ethyl adjacent to an activating group) is 1. The van der Waals surface area contributed by atoms with Crippen LogP contribution in [0.15, 0.2) is 29.1 Å². The standard InChI is InChI=1S/C12H13FN4O/c1-14-8-5-17(6-8)12-10(13)11(15-7-16-12)9-3-2-4-18-9/h2-4,7-8,14H,5-6H2,1H3. The molecule has 1 saturated heterocycles. The third-order valence-electron chi connectivity index (χ3n) is 3.11. The SMILES string of the molecule is CNC1CN(c2ncnc(-c3ccco3)c2F)C1. The van der Waals surface area contributed by atoms with Crippen LogP contribution in [0.1, 0.15) is 0 Å². The molecule has 0 aliphatic carbocycles. The molecule has 6 heteroatoms. The van der Waals surface area contributed by atoms with Gasteiger partial charge >= 0.3 is 0 Å². The van der Waals surface area contributed by atoms with Gasteiger partial charge in [0.15, 0.2) is 17.4 Å². The monoisotopic (exact) mass is 248 g/mol. The largest absolute Gasteiger partial charge is 0.463 e. The lowest BCUT2D eigenvalue weighted by molar-refractivity contribution is 0.438. The number of rotatable bonds is 3. The molecule has 0 unspecified atom stereocenters. The fourth-order valence-electron chi connectivity index (χ4n) is 2.00. The Morgan fingerprint density at radius 1 is 1.44 bits per heavy atom. The summed E-state index contributed by atoms with van der Waals surface area (Å²) in [5.41, 5.74) is 0.206. The van der Waals surface area contributed by atoms with E-state index in [4.69, 9.17) is 4.42 Å². The van der Waals surface area contributed by atoms with Crippen molar-refractivity contribution in [3.63, 3.8) is 0 Å². The first kappa shape index (κ1) is 11.2. The van der Waals surface area contributed by atoms with Crippen LogP contribution < -0.4 is 10.2 Å². The Morgan fingerprint density at radius 3 is 2.94 bits per heavy atom. The number of nitrogens with one attached hydrogen (secondary N) is 1. The molecule has 0 radical (unpaired) electrons. The van der Waals surface area contributed by atoms with Gasteiger partial charge in [-0.1, -0.05) is 0 Å². The lowest BCUT2D eigenvalue weighted by Gasteiger charge is -2.39. The summed E-state index contributed by atoms with van der Waals surface area (Å²) < 4.78 is 19.5. The van der Waals surface area contributed by atoms with Gasteiger partial charge < -0.3 is 14.6 Å². The van der Waals surface area contributed by atoms with Gasteiger partial charge in [0, 0.05) is 19.1 Å². The molecule has 1 aliphatic rings. The molecule has 1 aliphatic heterocycles. The van der Waals surface area contributed by atoms with Gasteiger partial charge in [-0.2, -0.15) is 0 Å². The van der Waals surface area contributed by atoms with E-state index in [1.165, 1.54) is 12.6 Å². The zero-order valence-corrected chi connectivity index (χ0v) is 9.93. The number of anilines is 1.